The second kappa shape index (κ2) is 4.89. The Morgan fingerprint density at radius 3 is 2.50 bits per heavy atom. The fraction of sp³-hybridized carbons (Fsp3) is 1.00. The minimum Gasteiger partial charge on any atom is -0.316 e. The first-order chi connectivity index (χ1) is 7.24. The van der Waals surface area contributed by atoms with Gasteiger partial charge in [-0.3, -0.25) is 0 Å². The summed E-state index contributed by atoms with van der Waals surface area (Å²) in [6, 6.07) is -0.709. The van der Waals surface area contributed by atoms with Gasteiger partial charge in [-0.2, -0.15) is 13.2 Å². The van der Waals surface area contributed by atoms with Gasteiger partial charge in [0.15, 0.2) is 0 Å². The standard InChI is InChI=1S/C8H15F3N2O2S/c1-6(7-3-2-4-12-5-7)13-16(14,15)8(9,10)11/h6-7,12-13H,2-5H2,1H3. The Hall–Kier alpha value is -0.340. The zero-order chi connectivity index (χ0) is 12.4. The summed E-state index contributed by atoms with van der Waals surface area (Å²) in [5, 5.41) is 3.02. The van der Waals surface area contributed by atoms with Crippen molar-refractivity contribution in [1.82, 2.24) is 10.0 Å². The van der Waals surface area contributed by atoms with Crippen molar-refractivity contribution >= 4 is 10.0 Å². The van der Waals surface area contributed by atoms with Gasteiger partial charge in [0.1, 0.15) is 0 Å². The van der Waals surface area contributed by atoms with Crippen molar-refractivity contribution in [2.45, 2.75) is 31.3 Å². The summed E-state index contributed by atoms with van der Waals surface area (Å²) in [7, 11) is -5.22. The molecule has 0 aromatic heterocycles. The molecule has 2 unspecified atom stereocenters. The monoisotopic (exact) mass is 260 g/mol. The van der Waals surface area contributed by atoms with E-state index < -0.39 is 21.6 Å². The van der Waals surface area contributed by atoms with Crippen LogP contribution in [0.4, 0.5) is 13.2 Å². The van der Waals surface area contributed by atoms with E-state index in [2.05, 4.69) is 5.32 Å². The summed E-state index contributed by atoms with van der Waals surface area (Å²) >= 11 is 0. The maximum Gasteiger partial charge on any atom is 0.511 e. The lowest BCUT2D eigenvalue weighted by molar-refractivity contribution is -0.0452. The summed E-state index contributed by atoms with van der Waals surface area (Å²) in [6.07, 6.45) is 1.58. The van der Waals surface area contributed by atoms with E-state index in [0.29, 0.717) is 6.54 Å². The van der Waals surface area contributed by atoms with Crippen LogP contribution in [0.15, 0.2) is 0 Å². The van der Waals surface area contributed by atoms with Crippen molar-refractivity contribution in [2.24, 2.45) is 5.92 Å². The number of halogens is 3. The van der Waals surface area contributed by atoms with Crippen LogP contribution < -0.4 is 10.0 Å². The summed E-state index contributed by atoms with van der Waals surface area (Å²) in [6.45, 7) is 2.83. The maximum atomic E-state index is 12.1. The number of piperidine rings is 1. The molecule has 0 aromatic rings. The predicted molar refractivity (Wildman–Crippen MR) is 53.2 cm³/mol. The third-order valence-corrected chi connectivity index (χ3v) is 3.98. The van der Waals surface area contributed by atoms with Crippen LogP contribution in [0.1, 0.15) is 19.8 Å². The molecule has 2 atom stereocenters. The first-order valence-electron chi connectivity index (χ1n) is 5.03. The second-order valence-electron chi connectivity index (χ2n) is 3.96. The van der Waals surface area contributed by atoms with Crippen LogP contribution in [-0.2, 0) is 10.0 Å². The lowest BCUT2D eigenvalue weighted by atomic mass is 9.94. The molecule has 2 N–H and O–H groups in total. The zero-order valence-electron chi connectivity index (χ0n) is 8.84. The molecule has 96 valence electrons. The smallest absolute Gasteiger partial charge is 0.316 e. The molecule has 0 radical (unpaired) electrons. The molecule has 0 saturated carbocycles. The minimum absolute atomic E-state index is 0.0918. The van der Waals surface area contributed by atoms with Gasteiger partial charge in [0.2, 0.25) is 0 Å². The van der Waals surface area contributed by atoms with E-state index in [1.807, 2.05) is 0 Å². The SMILES string of the molecule is CC(NS(=O)(=O)C(F)(F)F)C1CCCNC1. The highest BCUT2D eigenvalue weighted by atomic mass is 32.2. The number of hydrogen-bond donors (Lipinski definition) is 2. The molecule has 0 aromatic carbocycles. The Morgan fingerprint density at radius 1 is 1.44 bits per heavy atom. The molecule has 1 heterocycles. The molecule has 1 fully saturated rings. The number of nitrogens with one attached hydrogen (secondary N) is 2. The fourth-order valence-corrected chi connectivity index (χ4v) is 2.53. The number of rotatable bonds is 3. The van der Waals surface area contributed by atoms with E-state index in [4.69, 9.17) is 0 Å². The Morgan fingerprint density at radius 2 is 2.06 bits per heavy atom. The van der Waals surface area contributed by atoms with E-state index in [1.54, 1.807) is 4.72 Å². The average molecular weight is 260 g/mol. The van der Waals surface area contributed by atoms with Gasteiger partial charge in [0.25, 0.3) is 0 Å². The van der Waals surface area contributed by atoms with Gasteiger partial charge in [-0.25, -0.2) is 13.1 Å². The molecule has 0 aliphatic carbocycles. The molecule has 1 saturated heterocycles. The largest absolute Gasteiger partial charge is 0.511 e. The molecule has 0 bridgehead atoms. The molecule has 1 rings (SSSR count). The summed E-state index contributed by atoms with van der Waals surface area (Å²) < 4.78 is 59.7. The molecule has 8 heteroatoms. The van der Waals surface area contributed by atoms with Crippen molar-refractivity contribution in [3.8, 4) is 0 Å². The minimum atomic E-state index is -5.23. The molecule has 0 spiro atoms. The summed E-state index contributed by atoms with van der Waals surface area (Å²) in [4.78, 5) is 0. The Bertz CT molecular complexity index is 323. The predicted octanol–water partition coefficient (Wildman–Crippen LogP) is 0.814. The molecule has 1 aliphatic heterocycles. The highest BCUT2D eigenvalue weighted by Crippen LogP contribution is 2.24. The normalized spacial score (nSPS) is 25.4. The highest BCUT2D eigenvalue weighted by Gasteiger charge is 2.46. The summed E-state index contributed by atoms with van der Waals surface area (Å²) in [5.41, 5.74) is -5.23. The molecule has 0 amide bonds. The van der Waals surface area contributed by atoms with Crippen molar-refractivity contribution < 1.29 is 21.6 Å². The van der Waals surface area contributed by atoms with Gasteiger partial charge < -0.3 is 5.32 Å². The van der Waals surface area contributed by atoms with Gasteiger partial charge in [-0.15, -0.1) is 0 Å². The lowest BCUT2D eigenvalue weighted by Crippen LogP contribution is -2.48. The quantitative estimate of drug-likeness (QED) is 0.789. The van der Waals surface area contributed by atoms with Crippen LogP contribution in [0.25, 0.3) is 0 Å². The molecular weight excluding hydrogens is 245 g/mol. The van der Waals surface area contributed by atoms with E-state index in [0.717, 1.165) is 19.4 Å². The van der Waals surface area contributed by atoms with Crippen LogP contribution in [0, 0.1) is 5.92 Å². The van der Waals surface area contributed by atoms with Crippen LogP contribution in [0.3, 0.4) is 0 Å². The van der Waals surface area contributed by atoms with Gasteiger partial charge >= 0.3 is 15.5 Å². The Labute approximate surface area is 92.6 Å². The van der Waals surface area contributed by atoms with Gasteiger partial charge in [-0.05, 0) is 38.8 Å². The number of sulfonamides is 1. The number of alkyl halides is 3. The first kappa shape index (κ1) is 13.7. The van der Waals surface area contributed by atoms with E-state index >= 15 is 0 Å². The van der Waals surface area contributed by atoms with Crippen molar-refractivity contribution in [3.05, 3.63) is 0 Å². The van der Waals surface area contributed by atoms with E-state index in [1.165, 1.54) is 6.92 Å². The third kappa shape index (κ3) is 3.33. The van der Waals surface area contributed by atoms with Gasteiger partial charge in [0, 0.05) is 6.04 Å². The van der Waals surface area contributed by atoms with E-state index in [9.17, 15) is 21.6 Å². The molecular formula is C8H15F3N2O2S. The second-order valence-corrected chi connectivity index (χ2v) is 5.67. The van der Waals surface area contributed by atoms with E-state index in [-0.39, 0.29) is 5.92 Å². The van der Waals surface area contributed by atoms with Crippen molar-refractivity contribution in [3.63, 3.8) is 0 Å². The van der Waals surface area contributed by atoms with Crippen molar-refractivity contribution in [1.29, 1.82) is 0 Å². The van der Waals surface area contributed by atoms with Crippen LogP contribution in [0.2, 0.25) is 0 Å². The lowest BCUT2D eigenvalue weighted by Gasteiger charge is -2.28. The number of hydrogen-bond acceptors (Lipinski definition) is 3. The van der Waals surface area contributed by atoms with Gasteiger partial charge in [-0.1, -0.05) is 0 Å². The topological polar surface area (TPSA) is 58.2 Å². The third-order valence-electron chi connectivity index (χ3n) is 2.69. The highest BCUT2D eigenvalue weighted by molar-refractivity contribution is 7.90. The molecule has 1 aliphatic rings. The Kier molecular flexibility index (Phi) is 4.19. The average Bonchev–Trinajstić information content (AvgIpc) is 2.16. The van der Waals surface area contributed by atoms with Crippen LogP contribution in [0.5, 0.6) is 0 Å². The maximum absolute atomic E-state index is 12.1. The van der Waals surface area contributed by atoms with Gasteiger partial charge in [0.05, 0.1) is 0 Å². The molecule has 4 nitrogen and oxygen atoms in total. The van der Waals surface area contributed by atoms with Crippen molar-refractivity contribution in [2.75, 3.05) is 13.1 Å². The summed E-state index contributed by atoms with van der Waals surface area (Å²) in [5.74, 6) is -0.0918. The first-order valence-corrected chi connectivity index (χ1v) is 6.51. The Balaban J connectivity index is 2.60. The molecule has 16 heavy (non-hydrogen) atoms. The van der Waals surface area contributed by atoms with Crippen LogP contribution in [-0.4, -0.2) is 33.1 Å². The zero-order valence-corrected chi connectivity index (χ0v) is 9.66. The van der Waals surface area contributed by atoms with Crippen LogP contribution >= 0.6 is 0 Å². The fourth-order valence-electron chi connectivity index (χ4n) is 1.71.